The Hall–Kier alpha value is -0.480. The molecule has 0 unspecified atom stereocenters. The average Bonchev–Trinajstić information content (AvgIpc) is 2.08. The normalized spacial score (nSPS) is 15.9. The standard InChI is InChI=1S/C6H2F13P/c7-2(8,9)1-20(5(16,17)3(10,11)12)6(18,19)4(13,14)15/h1H2. The fraction of sp³-hybridized carbons (Fsp3) is 1.00. The Bertz CT molecular complexity index is 306. The maximum absolute atomic E-state index is 12.6. The van der Waals surface area contributed by atoms with E-state index in [-0.39, 0.29) is 0 Å². The molecular formula is C6H2F13P. The van der Waals surface area contributed by atoms with Gasteiger partial charge < -0.3 is 0 Å². The number of hydrogen-bond acceptors (Lipinski definition) is 0. The smallest absolute Gasteiger partial charge is 0.191 e. The molecule has 0 amide bonds. The van der Waals surface area contributed by atoms with Crippen molar-refractivity contribution in [1.29, 1.82) is 0 Å². The highest BCUT2D eigenvalue weighted by molar-refractivity contribution is 7.60. The summed E-state index contributed by atoms with van der Waals surface area (Å²) >= 11 is 0. The van der Waals surface area contributed by atoms with Crippen molar-refractivity contribution in [3.63, 3.8) is 0 Å². The molecule has 0 nitrogen and oxygen atoms in total. The van der Waals surface area contributed by atoms with Crippen LogP contribution in [0.3, 0.4) is 0 Å². The van der Waals surface area contributed by atoms with Gasteiger partial charge in [0, 0.05) is 0 Å². The number of hydrogen-bond donors (Lipinski definition) is 0. The minimum Gasteiger partial charge on any atom is -0.191 e. The minimum atomic E-state index is -6.97. The van der Waals surface area contributed by atoms with E-state index in [1.165, 1.54) is 0 Å². The maximum Gasteiger partial charge on any atom is 0.457 e. The number of halogens is 13. The van der Waals surface area contributed by atoms with Gasteiger partial charge in [0.05, 0.1) is 14.1 Å². The molecule has 20 heavy (non-hydrogen) atoms. The van der Waals surface area contributed by atoms with Gasteiger partial charge >= 0.3 is 29.9 Å². The van der Waals surface area contributed by atoms with E-state index in [0.29, 0.717) is 0 Å². The fourth-order valence-corrected chi connectivity index (χ4v) is 2.58. The molecule has 0 radical (unpaired) electrons. The predicted octanol–water partition coefficient (Wildman–Crippen LogP) is 5.34. The largest absolute Gasteiger partial charge is 0.457 e. The molecule has 0 rings (SSSR count). The second-order valence-corrected chi connectivity index (χ2v) is 5.57. The van der Waals surface area contributed by atoms with Crippen molar-refractivity contribution in [3.05, 3.63) is 0 Å². The van der Waals surface area contributed by atoms with Gasteiger partial charge in [-0.3, -0.25) is 0 Å². The Morgan fingerprint density at radius 2 is 0.750 bits per heavy atom. The van der Waals surface area contributed by atoms with Crippen LogP contribution in [-0.4, -0.2) is 36.0 Å². The quantitative estimate of drug-likeness (QED) is 0.475. The van der Waals surface area contributed by atoms with Crippen molar-refractivity contribution in [2.45, 2.75) is 29.9 Å². The third kappa shape index (κ3) is 4.01. The summed E-state index contributed by atoms with van der Waals surface area (Å²) in [5, 5.41) is 0. The fourth-order valence-electron chi connectivity index (χ4n) is 0.860. The van der Waals surface area contributed by atoms with E-state index in [4.69, 9.17) is 0 Å². The maximum atomic E-state index is 12.6. The van der Waals surface area contributed by atoms with Crippen LogP contribution in [0.4, 0.5) is 57.1 Å². The highest BCUT2D eigenvalue weighted by Gasteiger charge is 2.76. The first-order chi connectivity index (χ1) is 8.34. The first-order valence-electron chi connectivity index (χ1n) is 4.07. The molecule has 0 aromatic carbocycles. The van der Waals surface area contributed by atoms with Gasteiger partial charge in [-0.1, -0.05) is 0 Å². The Morgan fingerprint density at radius 1 is 0.500 bits per heavy atom. The molecule has 0 bridgehead atoms. The van der Waals surface area contributed by atoms with Crippen LogP contribution in [0, 0.1) is 0 Å². The molecule has 0 heterocycles. The lowest BCUT2D eigenvalue weighted by Crippen LogP contribution is -2.47. The van der Waals surface area contributed by atoms with Crippen LogP contribution in [0.1, 0.15) is 0 Å². The van der Waals surface area contributed by atoms with Gasteiger partial charge in [0.2, 0.25) is 0 Å². The lowest BCUT2D eigenvalue weighted by atomic mass is 10.7. The highest BCUT2D eigenvalue weighted by Crippen LogP contribution is 2.72. The molecule has 122 valence electrons. The molecule has 0 N–H and O–H groups in total. The lowest BCUT2D eigenvalue weighted by molar-refractivity contribution is -0.263. The second-order valence-electron chi connectivity index (χ2n) is 3.28. The Kier molecular flexibility index (Phi) is 4.94. The molecule has 0 saturated heterocycles. The van der Waals surface area contributed by atoms with Gasteiger partial charge in [-0.2, -0.15) is 57.1 Å². The molecule has 0 spiro atoms. The van der Waals surface area contributed by atoms with E-state index < -0.39 is 43.9 Å². The van der Waals surface area contributed by atoms with Crippen LogP contribution in [0.15, 0.2) is 0 Å². The first-order valence-corrected chi connectivity index (χ1v) is 5.60. The van der Waals surface area contributed by atoms with E-state index in [1.54, 1.807) is 0 Å². The Labute approximate surface area is 102 Å². The Balaban J connectivity index is 5.89. The van der Waals surface area contributed by atoms with Crippen LogP contribution in [0.2, 0.25) is 0 Å². The van der Waals surface area contributed by atoms with Gasteiger partial charge in [0.1, 0.15) is 0 Å². The van der Waals surface area contributed by atoms with Crippen molar-refractivity contribution in [2.24, 2.45) is 0 Å². The zero-order valence-corrected chi connectivity index (χ0v) is 9.46. The summed E-state index contributed by atoms with van der Waals surface area (Å²) in [7, 11) is -6.15. The summed E-state index contributed by atoms with van der Waals surface area (Å²) in [6, 6.07) is 0. The molecule has 0 aromatic rings. The van der Waals surface area contributed by atoms with Crippen LogP contribution in [0.25, 0.3) is 0 Å². The zero-order valence-electron chi connectivity index (χ0n) is 8.57. The van der Waals surface area contributed by atoms with Crippen molar-refractivity contribution in [2.75, 3.05) is 6.16 Å². The van der Waals surface area contributed by atoms with Crippen molar-refractivity contribution in [1.82, 2.24) is 0 Å². The molecule has 0 aliphatic heterocycles. The number of alkyl halides is 13. The lowest BCUT2D eigenvalue weighted by Gasteiger charge is -2.35. The topological polar surface area (TPSA) is 0 Å². The molecule has 0 saturated carbocycles. The molecule has 0 atom stereocenters. The third-order valence-electron chi connectivity index (χ3n) is 1.70. The van der Waals surface area contributed by atoms with Crippen molar-refractivity contribution >= 4 is 7.92 Å². The number of rotatable bonds is 3. The third-order valence-corrected chi connectivity index (χ3v) is 4.24. The summed E-state index contributed by atoms with van der Waals surface area (Å²) in [4.78, 5) is 0. The molecule has 0 aliphatic rings. The van der Waals surface area contributed by atoms with Crippen LogP contribution in [0.5, 0.6) is 0 Å². The van der Waals surface area contributed by atoms with Gasteiger partial charge in [-0.05, 0) is 0 Å². The monoisotopic (exact) mass is 352 g/mol. The summed E-state index contributed by atoms with van der Waals surface area (Å²) < 4.78 is 156. The Morgan fingerprint density at radius 3 is 0.900 bits per heavy atom. The predicted molar refractivity (Wildman–Crippen MR) is 39.8 cm³/mol. The van der Waals surface area contributed by atoms with Crippen LogP contribution >= 0.6 is 7.92 Å². The van der Waals surface area contributed by atoms with E-state index in [2.05, 4.69) is 0 Å². The summed E-state index contributed by atoms with van der Waals surface area (Å²) in [5.41, 5.74) is -13.6. The molecule has 0 aromatic heterocycles. The minimum absolute atomic E-state index is 3.60. The van der Waals surface area contributed by atoms with Crippen molar-refractivity contribution < 1.29 is 57.1 Å². The average molecular weight is 352 g/mol. The van der Waals surface area contributed by atoms with Crippen LogP contribution < -0.4 is 0 Å². The SMILES string of the molecule is FC(F)(F)CP(C(F)(F)C(F)(F)F)C(F)(F)C(F)(F)F. The van der Waals surface area contributed by atoms with E-state index >= 15 is 0 Å². The summed E-state index contributed by atoms with van der Waals surface area (Å²) in [5.74, 6) is 0. The highest BCUT2D eigenvalue weighted by atomic mass is 31.1. The van der Waals surface area contributed by atoms with Gasteiger partial charge in [-0.15, -0.1) is 0 Å². The van der Waals surface area contributed by atoms with Crippen molar-refractivity contribution in [3.8, 4) is 0 Å². The molecule has 0 aliphatic carbocycles. The van der Waals surface area contributed by atoms with Gasteiger partial charge in [0.15, 0.2) is 0 Å². The summed E-state index contributed by atoms with van der Waals surface area (Å²) in [6.45, 7) is 0. The van der Waals surface area contributed by atoms with E-state index in [0.717, 1.165) is 0 Å². The second kappa shape index (κ2) is 5.06. The summed E-state index contributed by atoms with van der Waals surface area (Å²) in [6.07, 6.45) is -23.6. The zero-order chi connectivity index (χ0) is 16.8. The van der Waals surface area contributed by atoms with E-state index in [9.17, 15) is 57.1 Å². The van der Waals surface area contributed by atoms with Gasteiger partial charge in [0.25, 0.3) is 0 Å². The van der Waals surface area contributed by atoms with Crippen LogP contribution in [-0.2, 0) is 0 Å². The molecular weight excluding hydrogens is 350 g/mol. The first kappa shape index (κ1) is 19.5. The molecule has 0 fully saturated rings. The van der Waals surface area contributed by atoms with E-state index in [1.807, 2.05) is 0 Å². The van der Waals surface area contributed by atoms with Gasteiger partial charge in [-0.25, -0.2) is 0 Å². The molecule has 14 heteroatoms.